The summed E-state index contributed by atoms with van der Waals surface area (Å²) in [5, 5.41) is 0. The minimum absolute atomic E-state index is 0.0664. The molecule has 0 atom stereocenters. The van der Waals surface area contributed by atoms with Gasteiger partial charge in [-0.15, -0.1) is 0 Å². The number of benzene rings is 7. The van der Waals surface area contributed by atoms with Gasteiger partial charge >= 0.3 is 0 Å². The minimum atomic E-state index is -0.0937. The van der Waals surface area contributed by atoms with Crippen LogP contribution in [0.4, 0.5) is 17.1 Å². The number of hydrogen-bond donors (Lipinski definition) is 0. The average molecular weight is 672 g/mol. The monoisotopic (exact) mass is 671 g/mol. The molecule has 2 aliphatic rings. The van der Waals surface area contributed by atoms with Gasteiger partial charge in [0.1, 0.15) is 0 Å². The van der Waals surface area contributed by atoms with Gasteiger partial charge in [0.2, 0.25) is 0 Å². The maximum Gasteiger partial charge on any atom is 0.0468 e. The van der Waals surface area contributed by atoms with E-state index in [0.717, 1.165) is 5.69 Å². The van der Waals surface area contributed by atoms with Crippen molar-refractivity contribution in [2.75, 3.05) is 4.90 Å². The average Bonchev–Trinajstić information content (AvgIpc) is 3.45. The Morgan fingerprint density at radius 2 is 0.942 bits per heavy atom. The molecule has 2 aliphatic carbocycles. The van der Waals surface area contributed by atoms with Gasteiger partial charge in [-0.05, 0) is 105 Å². The van der Waals surface area contributed by atoms with E-state index in [9.17, 15) is 0 Å². The molecule has 7 aromatic carbocycles. The molecule has 0 bridgehead atoms. The van der Waals surface area contributed by atoms with Crippen LogP contribution in [0.2, 0.25) is 0 Å². The summed E-state index contributed by atoms with van der Waals surface area (Å²) in [5.74, 6) is 0. The van der Waals surface area contributed by atoms with Crippen molar-refractivity contribution in [1.82, 2.24) is 0 Å². The lowest BCUT2D eigenvalue weighted by atomic mass is 9.65. The van der Waals surface area contributed by atoms with Crippen molar-refractivity contribution in [1.29, 1.82) is 0 Å². The Bertz CT molecular complexity index is 2310. The van der Waals surface area contributed by atoms with E-state index in [1.165, 1.54) is 99.1 Å². The van der Waals surface area contributed by atoms with E-state index < -0.39 is 0 Å². The van der Waals surface area contributed by atoms with Crippen LogP contribution in [0.3, 0.4) is 0 Å². The Labute approximate surface area is 309 Å². The van der Waals surface area contributed by atoms with Crippen molar-refractivity contribution in [2.45, 2.75) is 56.8 Å². The summed E-state index contributed by atoms with van der Waals surface area (Å²) in [6.45, 7) is 4.75. The van der Waals surface area contributed by atoms with Crippen molar-refractivity contribution in [3.63, 3.8) is 0 Å². The third-order valence-electron chi connectivity index (χ3n) is 12.0. The largest absolute Gasteiger partial charge is 0.310 e. The quantitative estimate of drug-likeness (QED) is 0.163. The molecule has 1 nitrogen and oxygen atoms in total. The maximum atomic E-state index is 2.45. The van der Waals surface area contributed by atoms with E-state index in [1.54, 1.807) is 0 Å². The van der Waals surface area contributed by atoms with Crippen LogP contribution in [0, 0.1) is 0 Å². The Balaban J connectivity index is 1.19. The van der Waals surface area contributed by atoms with E-state index in [1.807, 2.05) is 0 Å². The zero-order valence-corrected chi connectivity index (χ0v) is 30.2. The molecule has 0 aromatic heterocycles. The van der Waals surface area contributed by atoms with Crippen LogP contribution in [0.15, 0.2) is 176 Å². The smallest absolute Gasteiger partial charge is 0.0468 e. The second-order valence-electron chi connectivity index (χ2n) is 15.3. The van der Waals surface area contributed by atoms with E-state index in [4.69, 9.17) is 0 Å². The normalized spacial score (nSPS) is 15.4. The van der Waals surface area contributed by atoms with E-state index >= 15 is 0 Å². The second kappa shape index (κ2) is 13.1. The molecule has 0 spiro atoms. The Hall–Kier alpha value is -5.66. The van der Waals surface area contributed by atoms with Gasteiger partial charge < -0.3 is 4.90 Å². The molecule has 254 valence electrons. The lowest BCUT2D eigenvalue weighted by Crippen LogP contribution is -2.30. The molecule has 1 heteroatoms. The highest BCUT2D eigenvalue weighted by Crippen LogP contribution is 2.54. The van der Waals surface area contributed by atoms with Gasteiger partial charge in [-0.1, -0.05) is 173 Å². The number of fused-ring (bicyclic) bond motifs is 3. The van der Waals surface area contributed by atoms with Gasteiger partial charge in [-0.2, -0.15) is 0 Å². The highest BCUT2D eigenvalue weighted by molar-refractivity contribution is 5.94. The van der Waals surface area contributed by atoms with Crippen molar-refractivity contribution in [2.24, 2.45) is 0 Å². The molecule has 7 aromatic rings. The fourth-order valence-corrected chi connectivity index (χ4v) is 9.26. The predicted molar refractivity (Wildman–Crippen MR) is 220 cm³/mol. The lowest BCUT2D eigenvalue weighted by Gasteiger charge is -2.39. The van der Waals surface area contributed by atoms with Gasteiger partial charge in [-0.25, -0.2) is 0 Å². The summed E-state index contributed by atoms with van der Waals surface area (Å²) in [6, 6.07) is 65.4. The molecule has 1 fully saturated rings. The summed E-state index contributed by atoms with van der Waals surface area (Å²) < 4.78 is 0. The molecule has 9 rings (SSSR count). The molecular weight excluding hydrogens is 627 g/mol. The van der Waals surface area contributed by atoms with Gasteiger partial charge in [0.15, 0.2) is 0 Å². The molecule has 1 saturated carbocycles. The summed E-state index contributed by atoms with van der Waals surface area (Å²) in [6.07, 6.45) is 6.27. The van der Waals surface area contributed by atoms with Gasteiger partial charge in [0.05, 0.1) is 0 Å². The van der Waals surface area contributed by atoms with Crippen LogP contribution in [0.25, 0.3) is 33.4 Å². The molecular formula is C51H45N. The van der Waals surface area contributed by atoms with Crippen molar-refractivity contribution < 1.29 is 0 Å². The second-order valence-corrected chi connectivity index (χ2v) is 15.3. The standard InChI is InChI=1S/C51H45N/c1-50(2)47-33-32-44(36-46(47)49-45(22-15-23-48(49)50)39-18-9-4-10-19-39)52(42-28-24-38(25-29-42)37-16-7-3-8-17-37)43-30-26-41(27-31-43)51(34-13-6-14-35-51)40-20-11-5-12-21-40/h3-5,7-12,15-33,36H,6,13-14,34-35H2,1-2H3. The van der Waals surface area contributed by atoms with E-state index in [2.05, 4.69) is 195 Å². The first-order valence-electron chi connectivity index (χ1n) is 19.0. The van der Waals surface area contributed by atoms with Crippen LogP contribution in [-0.2, 0) is 10.8 Å². The summed E-state index contributed by atoms with van der Waals surface area (Å²) >= 11 is 0. The first-order valence-corrected chi connectivity index (χ1v) is 19.0. The first kappa shape index (κ1) is 32.3. The molecule has 0 unspecified atom stereocenters. The molecule has 52 heavy (non-hydrogen) atoms. The SMILES string of the molecule is CC1(C)c2ccc(N(c3ccc(-c4ccccc4)cc3)c3ccc(C4(c5ccccc5)CCCCC4)cc3)cc2-c2c(-c3ccccc3)cccc21. The third-order valence-corrected chi connectivity index (χ3v) is 12.0. The summed E-state index contributed by atoms with van der Waals surface area (Å²) in [5.41, 5.74) is 16.8. The Morgan fingerprint density at radius 1 is 0.404 bits per heavy atom. The fourth-order valence-electron chi connectivity index (χ4n) is 9.26. The molecule has 0 N–H and O–H groups in total. The summed E-state index contributed by atoms with van der Waals surface area (Å²) in [7, 11) is 0. The van der Waals surface area contributed by atoms with Crippen molar-refractivity contribution in [3.8, 4) is 33.4 Å². The van der Waals surface area contributed by atoms with Gasteiger partial charge in [0.25, 0.3) is 0 Å². The number of hydrogen-bond acceptors (Lipinski definition) is 1. The number of rotatable bonds is 7. The van der Waals surface area contributed by atoms with Crippen LogP contribution < -0.4 is 4.90 Å². The summed E-state index contributed by atoms with van der Waals surface area (Å²) in [4.78, 5) is 2.45. The van der Waals surface area contributed by atoms with Crippen molar-refractivity contribution >= 4 is 17.1 Å². The van der Waals surface area contributed by atoms with Gasteiger partial charge in [-0.3, -0.25) is 0 Å². The molecule has 0 saturated heterocycles. The number of anilines is 3. The van der Waals surface area contributed by atoms with Crippen LogP contribution >= 0.6 is 0 Å². The third kappa shape index (κ3) is 5.47. The van der Waals surface area contributed by atoms with Gasteiger partial charge in [0, 0.05) is 27.9 Å². The fraction of sp³-hybridized carbons (Fsp3) is 0.176. The topological polar surface area (TPSA) is 3.24 Å². The minimum Gasteiger partial charge on any atom is -0.310 e. The zero-order valence-electron chi connectivity index (χ0n) is 30.2. The highest BCUT2D eigenvalue weighted by atomic mass is 15.1. The molecule has 0 amide bonds. The lowest BCUT2D eigenvalue weighted by molar-refractivity contribution is 0.346. The molecule has 0 radical (unpaired) electrons. The maximum absolute atomic E-state index is 2.45. The van der Waals surface area contributed by atoms with Crippen LogP contribution in [0.5, 0.6) is 0 Å². The Kier molecular flexibility index (Phi) is 8.16. The van der Waals surface area contributed by atoms with Crippen LogP contribution in [0.1, 0.15) is 68.2 Å². The first-order chi connectivity index (χ1) is 25.5. The van der Waals surface area contributed by atoms with Crippen molar-refractivity contribution in [3.05, 3.63) is 198 Å². The van der Waals surface area contributed by atoms with Crippen LogP contribution in [-0.4, -0.2) is 0 Å². The molecule has 0 heterocycles. The number of nitrogens with zero attached hydrogens (tertiary/aromatic N) is 1. The zero-order chi connectivity index (χ0) is 35.1. The van der Waals surface area contributed by atoms with E-state index in [-0.39, 0.29) is 10.8 Å². The highest BCUT2D eigenvalue weighted by Gasteiger charge is 2.38. The predicted octanol–water partition coefficient (Wildman–Crippen LogP) is 14.0. The Morgan fingerprint density at radius 3 is 1.60 bits per heavy atom. The van der Waals surface area contributed by atoms with E-state index in [0.29, 0.717) is 0 Å². The molecule has 0 aliphatic heterocycles.